The number of nitrogens with zero attached hydrogens (tertiary/aromatic N) is 4. The van der Waals surface area contributed by atoms with Crippen LogP contribution in [0.15, 0.2) is 64.6 Å². The van der Waals surface area contributed by atoms with E-state index in [4.69, 9.17) is 5.10 Å². The highest BCUT2D eigenvalue weighted by Crippen LogP contribution is 2.40. The van der Waals surface area contributed by atoms with E-state index in [1.54, 1.807) is 16.8 Å². The maximum Gasteiger partial charge on any atom is 0.244 e. The topological polar surface area (TPSA) is 97.2 Å². The molecule has 34 heavy (non-hydrogen) atoms. The minimum Gasteiger partial charge on any atom is -0.310 e. The SMILES string of the molecule is O=C(CSc1ccc(S(=O)(=O)N2CCCCC2)cn1)Nc1cc(C2CC2)nn1-c1ccccc1. The number of benzene rings is 1. The summed E-state index contributed by atoms with van der Waals surface area (Å²) in [5.74, 6) is 1.11. The molecule has 1 aliphatic heterocycles. The third kappa shape index (κ3) is 5.18. The van der Waals surface area contributed by atoms with Crippen molar-refractivity contribution in [2.75, 3.05) is 24.2 Å². The Hall–Kier alpha value is -2.69. The molecule has 1 N–H and O–H groups in total. The lowest BCUT2D eigenvalue weighted by Gasteiger charge is -2.25. The molecule has 1 saturated carbocycles. The molecule has 2 aromatic heterocycles. The fraction of sp³-hybridized carbons (Fsp3) is 0.375. The summed E-state index contributed by atoms with van der Waals surface area (Å²) in [5, 5.41) is 8.28. The number of thioether (sulfide) groups is 1. The summed E-state index contributed by atoms with van der Waals surface area (Å²) in [6, 6.07) is 14.9. The predicted octanol–water partition coefficient (Wildman–Crippen LogP) is 4.05. The number of para-hydroxylation sites is 1. The second kappa shape index (κ2) is 9.89. The summed E-state index contributed by atoms with van der Waals surface area (Å²) >= 11 is 1.27. The predicted molar refractivity (Wildman–Crippen MR) is 132 cm³/mol. The van der Waals surface area contributed by atoms with Gasteiger partial charge in [0.1, 0.15) is 10.7 Å². The Morgan fingerprint density at radius 1 is 1.06 bits per heavy atom. The summed E-state index contributed by atoms with van der Waals surface area (Å²) < 4.78 is 28.9. The van der Waals surface area contributed by atoms with E-state index in [1.165, 1.54) is 22.3 Å². The molecule has 10 heteroatoms. The quantitative estimate of drug-likeness (QED) is 0.472. The Bertz CT molecular complexity index is 1250. The molecule has 2 fully saturated rings. The zero-order valence-electron chi connectivity index (χ0n) is 18.8. The molecule has 0 spiro atoms. The highest BCUT2D eigenvalue weighted by molar-refractivity contribution is 7.99. The lowest BCUT2D eigenvalue weighted by Crippen LogP contribution is -2.35. The Morgan fingerprint density at radius 2 is 1.82 bits per heavy atom. The Labute approximate surface area is 203 Å². The van der Waals surface area contributed by atoms with Crippen molar-refractivity contribution in [2.24, 2.45) is 0 Å². The molecular formula is C24H27N5O3S2. The molecule has 3 aromatic rings. The molecule has 0 unspecified atom stereocenters. The molecule has 1 aromatic carbocycles. The van der Waals surface area contributed by atoms with Gasteiger partial charge in [-0.25, -0.2) is 18.1 Å². The standard InChI is InChI=1S/C24H27N5O3S2/c30-23(26-22-15-21(18-9-10-18)27-29(22)19-7-3-1-4-8-19)17-33-24-12-11-20(16-25-24)34(31,32)28-13-5-2-6-14-28/h1,3-4,7-8,11-12,15-16,18H,2,5-6,9-10,13-14,17H2,(H,26,30). The van der Waals surface area contributed by atoms with Crippen LogP contribution in [0.4, 0.5) is 5.82 Å². The number of hydrogen-bond acceptors (Lipinski definition) is 6. The van der Waals surface area contributed by atoms with Gasteiger partial charge in [0.15, 0.2) is 0 Å². The summed E-state index contributed by atoms with van der Waals surface area (Å²) in [6.45, 7) is 1.11. The third-order valence-electron chi connectivity index (χ3n) is 6.01. The number of sulfonamides is 1. The number of anilines is 1. The van der Waals surface area contributed by atoms with Crippen LogP contribution in [-0.4, -0.2) is 52.2 Å². The Morgan fingerprint density at radius 3 is 2.50 bits per heavy atom. The highest BCUT2D eigenvalue weighted by atomic mass is 32.2. The number of hydrogen-bond donors (Lipinski definition) is 1. The van der Waals surface area contributed by atoms with Crippen LogP contribution in [0.1, 0.15) is 43.7 Å². The van der Waals surface area contributed by atoms with Gasteiger partial charge in [-0.2, -0.15) is 9.40 Å². The largest absolute Gasteiger partial charge is 0.310 e. The second-order valence-electron chi connectivity index (χ2n) is 8.61. The van der Waals surface area contributed by atoms with Gasteiger partial charge < -0.3 is 5.32 Å². The maximum atomic E-state index is 12.8. The summed E-state index contributed by atoms with van der Waals surface area (Å²) in [4.78, 5) is 17.2. The molecular weight excluding hydrogens is 470 g/mol. The summed E-state index contributed by atoms with van der Waals surface area (Å²) in [6.07, 6.45) is 6.49. The van der Waals surface area contributed by atoms with E-state index >= 15 is 0 Å². The summed E-state index contributed by atoms with van der Waals surface area (Å²) in [5.41, 5.74) is 1.89. The van der Waals surface area contributed by atoms with Gasteiger partial charge in [0.25, 0.3) is 0 Å². The van der Waals surface area contributed by atoms with Crippen LogP contribution in [0.2, 0.25) is 0 Å². The van der Waals surface area contributed by atoms with Gasteiger partial charge in [-0.15, -0.1) is 0 Å². The first-order valence-electron chi connectivity index (χ1n) is 11.5. The average Bonchev–Trinajstić information content (AvgIpc) is 3.64. The van der Waals surface area contributed by atoms with Crippen LogP contribution < -0.4 is 5.32 Å². The number of aromatic nitrogens is 3. The first kappa shape index (κ1) is 23.1. The number of rotatable bonds is 8. The van der Waals surface area contributed by atoms with Crippen LogP contribution in [0.3, 0.4) is 0 Å². The van der Waals surface area contributed by atoms with E-state index in [-0.39, 0.29) is 16.6 Å². The molecule has 0 radical (unpaired) electrons. The van der Waals surface area contributed by atoms with E-state index in [1.807, 2.05) is 36.4 Å². The third-order valence-corrected chi connectivity index (χ3v) is 8.83. The number of amides is 1. The first-order chi connectivity index (χ1) is 16.5. The number of piperidine rings is 1. The van der Waals surface area contributed by atoms with Crippen molar-refractivity contribution in [2.45, 2.75) is 47.9 Å². The van der Waals surface area contributed by atoms with Crippen LogP contribution in [0, 0.1) is 0 Å². The summed E-state index contributed by atoms with van der Waals surface area (Å²) in [7, 11) is -3.51. The van der Waals surface area contributed by atoms with Crippen molar-refractivity contribution in [3.63, 3.8) is 0 Å². The monoisotopic (exact) mass is 497 g/mol. The van der Waals surface area contributed by atoms with Crippen molar-refractivity contribution in [3.05, 3.63) is 60.4 Å². The van der Waals surface area contributed by atoms with Gasteiger partial charge in [-0.05, 0) is 49.9 Å². The smallest absolute Gasteiger partial charge is 0.244 e. The molecule has 3 heterocycles. The van der Waals surface area contributed by atoms with Crippen LogP contribution in [0.25, 0.3) is 5.69 Å². The maximum absolute atomic E-state index is 12.8. The number of nitrogens with one attached hydrogen (secondary N) is 1. The second-order valence-corrected chi connectivity index (χ2v) is 11.5. The van der Waals surface area contributed by atoms with Crippen molar-refractivity contribution < 1.29 is 13.2 Å². The number of carbonyl (C=O) groups is 1. The van der Waals surface area contributed by atoms with E-state index < -0.39 is 10.0 Å². The lowest BCUT2D eigenvalue weighted by molar-refractivity contribution is -0.113. The van der Waals surface area contributed by atoms with Gasteiger partial charge in [-0.1, -0.05) is 36.4 Å². The van der Waals surface area contributed by atoms with E-state index in [2.05, 4.69) is 10.3 Å². The Kier molecular flexibility index (Phi) is 6.71. The molecule has 0 bridgehead atoms. The first-order valence-corrected chi connectivity index (χ1v) is 14.0. The number of carbonyl (C=O) groups excluding carboxylic acids is 1. The minimum absolute atomic E-state index is 0.157. The molecule has 0 atom stereocenters. The zero-order valence-corrected chi connectivity index (χ0v) is 20.4. The van der Waals surface area contributed by atoms with E-state index in [0.717, 1.165) is 43.5 Å². The molecule has 5 rings (SSSR count). The van der Waals surface area contributed by atoms with E-state index in [0.29, 0.717) is 29.9 Å². The minimum atomic E-state index is -3.51. The average molecular weight is 498 g/mol. The molecule has 1 amide bonds. The molecule has 178 valence electrons. The zero-order chi connectivity index (χ0) is 23.5. The number of pyridine rings is 1. The Balaban J connectivity index is 1.22. The van der Waals surface area contributed by atoms with Crippen molar-refractivity contribution in [1.29, 1.82) is 0 Å². The van der Waals surface area contributed by atoms with E-state index in [9.17, 15) is 13.2 Å². The van der Waals surface area contributed by atoms with Gasteiger partial charge in [0, 0.05) is 31.3 Å². The molecule has 1 saturated heterocycles. The van der Waals surface area contributed by atoms with Crippen molar-refractivity contribution in [1.82, 2.24) is 19.1 Å². The van der Waals surface area contributed by atoms with Gasteiger partial charge in [0.2, 0.25) is 15.9 Å². The van der Waals surface area contributed by atoms with Crippen molar-refractivity contribution >= 4 is 33.5 Å². The van der Waals surface area contributed by atoms with Gasteiger partial charge >= 0.3 is 0 Å². The highest BCUT2D eigenvalue weighted by Gasteiger charge is 2.28. The van der Waals surface area contributed by atoms with Crippen molar-refractivity contribution in [3.8, 4) is 5.69 Å². The normalized spacial score (nSPS) is 16.9. The van der Waals surface area contributed by atoms with Crippen LogP contribution in [-0.2, 0) is 14.8 Å². The fourth-order valence-corrected chi connectivity index (χ4v) is 6.12. The molecule has 2 aliphatic rings. The molecule has 8 nitrogen and oxygen atoms in total. The fourth-order valence-electron chi connectivity index (χ4n) is 4.01. The van der Waals surface area contributed by atoms with Crippen LogP contribution >= 0.6 is 11.8 Å². The molecule has 1 aliphatic carbocycles. The van der Waals surface area contributed by atoms with Gasteiger partial charge in [-0.3, -0.25) is 4.79 Å². The van der Waals surface area contributed by atoms with Gasteiger partial charge in [0.05, 0.1) is 22.2 Å². The lowest BCUT2D eigenvalue weighted by atomic mass is 10.2. The van der Waals surface area contributed by atoms with Crippen LogP contribution in [0.5, 0.6) is 0 Å².